The van der Waals surface area contributed by atoms with E-state index in [0.29, 0.717) is 6.04 Å². The maximum atomic E-state index is 6.56. The van der Waals surface area contributed by atoms with Gasteiger partial charge in [-0.25, -0.2) is 0 Å². The summed E-state index contributed by atoms with van der Waals surface area (Å²) in [4.78, 5) is 2.52. The lowest BCUT2D eigenvalue weighted by Crippen LogP contribution is -2.51. The van der Waals surface area contributed by atoms with Gasteiger partial charge in [0.05, 0.1) is 6.20 Å². The van der Waals surface area contributed by atoms with Crippen molar-refractivity contribution >= 4 is 0 Å². The van der Waals surface area contributed by atoms with Crippen molar-refractivity contribution in [3.8, 4) is 5.75 Å². The van der Waals surface area contributed by atoms with Crippen LogP contribution in [0.1, 0.15) is 43.4 Å². The summed E-state index contributed by atoms with van der Waals surface area (Å²) in [6.45, 7) is 6.48. The van der Waals surface area contributed by atoms with Crippen molar-refractivity contribution < 1.29 is 4.74 Å². The van der Waals surface area contributed by atoms with Crippen LogP contribution in [0.25, 0.3) is 0 Å². The van der Waals surface area contributed by atoms with Crippen molar-refractivity contribution in [2.75, 3.05) is 19.6 Å². The predicted molar refractivity (Wildman–Crippen MR) is 98.6 cm³/mol. The van der Waals surface area contributed by atoms with Gasteiger partial charge in [-0.05, 0) is 25.5 Å². The third kappa shape index (κ3) is 3.44. The molecule has 3 heterocycles. The molecule has 1 fully saturated rings. The van der Waals surface area contributed by atoms with E-state index >= 15 is 0 Å². The number of likely N-dealkylation sites (tertiary alicyclic amines) is 1. The molecule has 2 aliphatic heterocycles. The number of fused-ring (bicyclic) bond motifs is 1. The van der Waals surface area contributed by atoms with Crippen LogP contribution in [-0.4, -0.2) is 39.9 Å². The number of para-hydroxylation sites is 1. The van der Waals surface area contributed by atoms with Crippen molar-refractivity contribution in [1.29, 1.82) is 0 Å². The first kappa shape index (κ1) is 16.6. The van der Waals surface area contributed by atoms with Crippen LogP contribution >= 0.6 is 0 Å². The highest BCUT2D eigenvalue weighted by Crippen LogP contribution is 2.44. The SMILES string of the molecule is CCN1CCC2(CC1)C[C@H](NCc1cnn(C)c1)c1ccccc1O2. The number of hydrogen-bond donors (Lipinski definition) is 1. The van der Waals surface area contributed by atoms with Crippen LogP contribution < -0.4 is 10.1 Å². The number of aryl methyl sites for hydroxylation is 1. The molecule has 0 aliphatic carbocycles. The molecule has 0 bridgehead atoms. The fourth-order valence-corrected chi connectivity index (χ4v) is 4.19. The summed E-state index contributed by atoms with van der Waals surface area (Å²) >= 11 is 0. The van der Waals surface area contributed by atoms with Crippen LogP contribution in [0.3, 0.4) is 0 Å². The van der Waals surface area contributed by atoms with E-state index in [1.807, 2.05) is 17.9 Å². The maximum Gasteiger partial charge on any atom is 0.124 e. The van der Waals surface area contributed by atoms with Crippen LogP contribution in [0.5, 0.6) is 5.75 Å². The second-order valence-electron chi connectivity index (χ2n) is 7.42. The first-order chi connectivity index (χ1) is 12.2. The highest BCUT2D eigenvalue weighted by molar-refractivity contribution is 5.39. The van der Waals surface area contributed by atoms with E-state index in [-0.39, 0.29) is 5.60 Å². The first-order valence-electron chi connectivity index (χ1n) is 9.39. The Morgan fingerprint density at radius 1 is 1.28 bits per heavy atom. The molecule has 1 atom stereocenters. The summed E-state index contributed by atoms with van der Waals surface area (Å²) in [7, 11) is 1.96. The van der Waals surface area contributed by atoms with Crippen LogP contribution in [0, 0.1) is 0 Å². The number of nitrogens with zero attached hydrogens (tertiary/aromatic N) is 3. The number of piperidine rings is 1. The normalized spacial score (nSPS) is 22.6. The van der Waals surface area contributed by atoms with Gasteiger partial charge in [0.25, 0.3) is 0 Å². The molecule has 4 rings (SSSR count). The Morgan fingerprint density at radius 3 is 2.80 bits per heavy atom. The molecule has 0 unspecified atom stereocenters. The molecule has 0 amide bonds. The lowest BCUT2D eigenvalue weighted by molar-refractivity contribution is -0.0244. The molecule has 1 aromatic heterocycles. The number of aromatic nitrogens is 2. The maximum absolute atomic E-state index is 6.56. The van der Waals surface area contributed by atoms with Crippen molar-refractivity contribution in [2.45, 2.75) is 44.4 Å². The zero-order valence-electron chi connectivity index (χ0n) is 15.2. The third-order valence-corrected chi connectivity index (χ3v) is 5.72. The molecule has 25 heavy (non-hydrogen) atoms. The van der Waals surface area contributed by atoms with Gasteiger partial charge in [0, 0.05) is 56.5 Å². The van der Waals surface area contributed by atoms with Crippen molar-refractivity contribution in [3.63, 3.8) is 0 Å². The van der Waals surface area contributed by atoms with E-state index in [4.69, 9.17) is 4.74 Å². The standard InChI is InChI=1S/C20H28N4O/c1-3-24-10-8-20(9-11-24)12-18(17-6-4-5-7-19(17)25-20)21-13-16-14-22-23(2)15-16/h4-7,14-15,18,21H,3,8-13H2,1-2H3/t18-/m0/s1. The predicted octanol–water partition coefficient (Wildman–Crippen LogP) is 2.89. The summed E-state index contributed by atoms with van der Waals surface area (Å²) in [5.74, 6) is 1.06. The highest BCUT2D eigenvalue weighted by Gasteiger charge is 2.42. The highest BCUT2D eigenvalue weighted by atomic mass is 16.5. The molecule has 1 saturated heterocycles. The van der Waals surface area contributed by atoms with Crippen LogP contribution in [0.4, 0.5) is 0 Å². The van der Waals surface area contributed by atoms with Gasteiger partial charge in [-0.1, -0.05) is 25.1 Å². The second kappa shape index (κ2) is 6.81. The first-order valence-corrected chi connectivity index (χ1v) is 9.39. The Labute approximate surface area is 150 Å². The van der Waals surface area contributed by atoms with Crippen molar-refractivity contribution in [1.82, 2.24) is 20.0 Å². The van der Waals surface area contributed by atoms with Gasteiger partial charge in [-0.15, -0.1) is 0 Å². The Balaban J connectivity index is 1.53. The van der Waals surface area contributed by atoms with Gasteiger partial charge in [0.2, 0.25) is 0 Å². The van der Waals surface area contributed by atoms with Crippen LogP contribution in [-0.2, 0) is 13.6 Å². The largest absolute Gasteiger partial charge is 0.487 e. The van der Waals surface area contributed by atoms with Crippen LogP contribution in [0.2, 0.25) is 0 Å². The molecular formula is C20H28N4O. The average molecular weight is 340 g/mol. The Bertz CT molecular complexity index is 718. The zero-order valence-corrected chi connectivity index (χ0v) is 15.2. The minimum atomic E-state index is -0.0212. The van der Waals surface area contributed by atoms with Gasteiger partial charge in [-0.2, -0.15) is 5.10 Å². The number of nitrogens with one attached hydrogen (secondary N) is 1. The molecule has 1 aromatic carbocycles. The average Bonchev–Trinajstić information content (AvgIpc) is 3.06. The Kier molecular flexibility index (Phi) is 4.52. The van der Waals surface area contributed by atoms with Crippen LogP contribution in [0.15, 0.2) is 36.7 Å². The topological polar surface area (TPSA) is 42.3 Å². The molecule has 1 N–H and O–H groups in total. The molecule has 5 heteroatoms. The molecule has 5 nitrogen and oxygen atoms in total. The van der Waals surface area contributed by atoms with E-state index in [9.17, 15) is 0 Å². The van der Waals surface area contributed by atoms with Gasteiger partial charge >= 0.3 is 0 Å². The summed E-state index contributed by atoms with van der Waals surface area (Å²) in [5, 5.41) is 8.03. The van der Waals surface area contributed by atoms with E-state index in [1.54, 1.807) is 0 Å². The van der Waals surface area contributed by atoms with Gasteiger partial charge in [-0.3, -0.25) is 4.68 Å². The van der Waals surface area contributed by atoms with Gasteiger partial charge in [0.1, 0.15) is 11.4 Å². The fraction of sp³-hybridized carbons (Fsp3) is 0.550. The minimum absolute atomic E-state index is 0.0212. The fourth-order valence-electron chi connectivity index (χ4n) is 4.19. The monoisotopic (exact) mass is 340 g/mol. The summed E-state index contributed by atoms with van der Waals surface area (Å²) < 4.78 is 8.41. The smallest absolute Gasteiger partial charge is 0.124 e. The van der Waals surface area contributed by atoms with Crippen molar-refractivity contribution in [2.24, 2.45) is 7.05 Å². The lowest BCUT2D eigenvalue weighted by Gasteiger charge is -2.47. The van der Waals surface area contributed by atoms with E-state index in [0.717, 1.165) is 51.2 Å². The van der Waals surface area contributed by atoms with Gasteiger partial charge in [0.15, 0.2) is 0 Å². The Hall–Kier alpha value is -1.85. The van der Waals surface area contributed by atoms with E-state index < -0.39 is 0 Å². The second-order valence-corrected chi connectivity index (χ2v) is 7.42. The molecule has 134 valence electrons. The summed E-state index contributed by atoms with van der Waals surface area (Å²) in [6, 6.07) is 8.85. The zero-order chi connectivity index (χ0) is 17.3. The molecule has 2 aliphatic rings. The Morgan fingerprint density at radius 2 is 2.08 bits per heavy atom. The number of hydrogen-bond acceptors (Lipinski definition) is 4. The van der Waals surface area contributed by atoms with Crippen molar-refractivity contribution in [3.05, 3.63) is 47.8 Å². The number of rotatable bonds is 4. The van der Waals surface area contributed by atoms with E-state index in [2.05, 4.69) is 52.7 Å². The molecule has 0 saturated carbocycles. The molecule has 1 spiro atoms. The lowest BCUT2D eigenvalue weighted by atomic mass is 9.80. The number of ether oxygens (including phenoxy) is 1. The van der Waals surface area contributed by atoms with E-state index in [1.165, 1.54) is 11.1 Å². The van der Waals surface area contributed by atoms with Gasteiger partial charge < -0.3 is 15.0 Å². The minimum Gasteiger partial charge on any atom is -0.487 e. The third-order valence-electron chi connectivity index (χ3n) is 5.72. The number of benzene rings is 1. The quantitative estimate of drug-likeness (QED) is 0.929. The molecular weight excluding hydrogens is 312 g/mol. The summed E-state index contributed by atoms with van der Waals surface area (Å²) in [6.07, 6.45) is 7.28. The summed E-state index contributed by atoms with van der Waals surface area (Å²) in [5.41, 5.74) is 2.49. The molecule has 2 aromatic rings. The molecule has 0 radical (unpaired) electrons.